The van der Waals surface area contributed by atoms with E-state index < -0.39 is 22.1 Å². The molecular formula is C22H13FN2O4S. The van der Waals surface area contributed by atoms with Gasteiger partial charge in [-0.2, -0.15) is 0 Å². The van der Waals surface area contributed by atoms with Gasteiger partial charge in [0.05, 0.1) is 10.5 Å². The van der Waals surface area contributed by atoms with Crippen molar-refractivity contribution in [2.45, 2.75) is 0 Å². The van der Waals surface area contributed by atoms with Crippen molar-refractivity contribution in [3.8, 4) is 11.1 Å². The summed E-state index contributed by atoms with van der Waals surface area (Å²) in [6.45, 7) is 0. The molecule has 4 rings (SSSR count). The lowest BCUT2D eigenvalue weighted by Crippen LogP contribution is -2.16. The number of rotatable bonds is 4. The third-order valence-corrected chi connectivity index (χ3v) is 5.59. The summed E-state index contributed by atoms with van der Waals surface area (Å²) in [4.78, 5) is 36.1. The molecule has 6 nitrogen and oxygen atoms in total. The number of nitro groups is 1. The summed E-state index contributed by atoms with van der Waals surface area (Å²) in [5, 5.41) is 14.1. The van der Waals surface area contributed by atoms with Crippen molar-refractivity contribution in [2.75, 3.05) is 5.32 Å². The third kappa shape index (κ3) is 3.56. The van der Waals surface area contributed by atoms with Crippen molar-refractivity contribution in [1.29, 1.82) is 0 Å². The first-order chi connectivity index (χ1) is 14.5. The number of halogens is 1. The summed E-state index contributed by atoms with van der Waals surface area (Å²) >= 11 is 1.16. The molecule has 148 valence electrons. The molecule has 0 spiro atoms. The number of nitrogens with zero attached hydrogens (tertiary/aromatic N) is 1. The second kappa shape index (κ2) is 7.84. The van der Waals surface area contributed by atoms with Gasteiger partial charge in [0.25, 0.3) is 11.6 Å². The maximum Gasteiger partial charge on any atom is 0.269 e. The number of non-ortho nitro benzene ring substituents is 1. The molecule has 30 heavy (non-hydrogen) atoms. The van der Waals surface area contributed by atoms with Crippen molar-refractivity contribution >= 4 is 38.0 Å². The Bertz CT molecular complexity index is 1350. The molecule has 1 amide bonds. The van der Waals surface area contributed by atoms with Crippen molar-refractivity contribution in [3.05, 3.63) is 105 Å². The molecule has 0 atom stereocenters. The minimum Gasteiger partial charge on any atom is -0.313 e. The van der Waals surface area contributed by atoms with Crippen LogP contribution in [-0.4, -0.2) is 10.8 Å². The molecular weight excluding hydrogens is 407 g/mol. The Morgan fingerprint density at radius 1 is 0.967 bits per heavy atom. The van der Waals surface area contributed by atoms with Crippen LogP contribution in [0.4, 0.5) is 15.1 Å². The summed E-state index contributed by atoms with van der Waals surface area (Å²) in [6.07, 6.45) is 0. The highest BCUT2D eigenvalue weighted by atomic mass is 32.1. The average Bonchev–Trinajstić information content (AvgIpc) is 2.75. The highest BCUT2D eigenvalue weighted by Crippen LogP contribution is 2.34. The average molecular weight is 420 g/mol. The van der Waals surface area contributed by atoms with Gasteiger partial charge >= 0.3 is 0 Å². The molecule has 3 aromatic carbocycles. The van der Waals surface area contributed by atoms with Gasteiger partial charge in [-0.1, -0.05) is 30.3 Å². The van der Waals surface area contributed by atoms with Crippen LogP contribution in [0.5, 0.6) is 0 Å². The number of fused-ring (bicyclic) bond motifs is 1. The topological polar surface area (TPSA) is 89.3 Å². The molecule has 0 fully saturated rings. The van der Waals surface area contributed by atoms with Gasteiger partial charge in [-0.15, -0.1) is 11.3 Å². The molecule has 0 unspecified atom stereocenters. The SMILES string of the molecule is O=C(Nc1sc2ccccc2c(=O)c1-c1ccccc1F)c1ccc([N+](=O)[O-])cc1. The number of carbonyl (C=O) groups excluding carboxylic acids is 1. The molecule has 0 aliphatic carbocycles. The van der Waals surface area contributed by atoms with Crippen LogP contribution in [0.15, 0.2) is 77.6 Å². The number of hydrogen-bond donors (Lipinski definition) is 1. The largest absolute Gasteiger partial charge is 0.313 e. The molecule has 1 heterocycles. The van der Waals surface area contributed by atoms with E-state index in [4.69, 9.17) is 0 Å². The van der Waals surface area contributed by atoms with E-state index in [0.29, 0.717) is 10.1 Å². The molecule has 4 aromatic rings. The molecule has 0 bridgehead atoms. The molecule has 1 N–H and O–H groups in total. The van der Waals surface area contributed by atoms with Crippen LogP contribution in [0.25, 0.3) is 21.2 Å². The van der Waals surface area contributed by atoms with E-state index in [1.54, 1.807) is 30.3 Å². The van der Waals surface area contributed by atoms with E-state index in [2.05, 4.69) is 5.32 Å². The second-order valence-corrected chi connectivity index (χ2v) is 7.42. The van der Waals surface area contributed by atoms with Crippen molar-refractivity contribution < 1.29 is 14.1 Å². The first-order valence-corrected chi connectivity index (χ1v) is 9.64. The Morgan fingerprint density at radius 3 is 2.33 bits per heavy atom. The number of amides is 1. The fourth-order valence-corrected chi connectivity index (χ4v) is 4.13. The van der Waals surface area contributed by atoms with Crippen LogP contribution in [0.2, 0.25) is 0 Å². The number of nitrogens with one attached hydrogen (secondary N) is 1. The van der Waals surface area contributed by atoms with Gasteiger partial charge in [-0.3, -0.25) is 19.7 Å². The first-order valence-electron chi connectivity index (χ1n) is 8.82. The summed E-state index contributed by atoms with van der Waals surface area (Å²) in [7, 11) is 0. The van der Waals surface area contributed by atoms with Crippen LogP contribution in [-0.2, 0) is 0 Å². The van der Waals surface area contributed by atoms with E-state index in [1.807, 2.05) is 0 Å². The Morgan fingerprint density at radius 2 is 1.63 bits per heavy atom. The van der Waals surface area contributed by atoms with Gasteiger partial charge in [-0.25, -0.2) is 4.39 Å². The lowest BCUT2D eigenvalue weighted by Gasteiger charge is -2.12. The molecule has 0 saturated heterocycles. The molecule has 0 radical (unpaired) electrons. The van der Waals surface area contributed by atoms with Crippen LogP contribution in [0.1, 0.15) is 10.4 Å². The Balaban J connectivity index is 1.84. The predicted octanol–water partition coefficient (Wildman–Crippen LogP) is 5.23. The van der Waals surface area contributed by atoms with E-state index >= 15 is 0 Å². The maximum atomic E-state index is 14.5. The highest BCUT2D eigenvalue weighted by Gasteiger charge is 2.20. The van der Waals surface area contributed by atoms with Crippen LogP contribution < -0.4 is 10.7 Å². The predicted molar refractivity (Wildman–Crippen MR) is 115 cm³/mol. The van der Waals surface area contributed by atoms with Gasteiger partial charge < -0.3 is 5.32 Å². The van der Waals surface area contributed by atoms with Gasteiger partial charge in [0, 0.05) is 33.3 Å². The van der Waals surface area contributed by atoms with Crippen molar-refractivity contribution in [2.24, 2.45) is 0 Å². The Hall–Kier alpha value is -3.91. The number of nitro benzene ring substituents is 1. The maximum absolute atomic E-state index is 14.5. The molecule has 0 saturated carbocycles. The summed E-state index contributed by atoms with van der Waals surface area (Å²) in [5.41, 5.74) is -0.217. The molecule has 1 aromatic heterocycles. The smallest absolute Gasteiger partial charge is 0.269 e. The summed E-state index contributed by atoms with van der Waals surface area (Å²) in [5.74, 6) is -1.14. The summed E-state index contributed by atoms with van der Waals surface area (Å²) in [6, 6.07) is 17.8. The number of anilines is 1. The van der Waals surface area contributed by atoms with Gasteiger partial charge in [-0.05, 0) is 30.3 Å². The number of carbonyl (C=O) groups is 1. The third-order valence-electron chi connectivity index (χ3n) is 4.51. The Kier molecular flexibility index (Phi) is 5.07. The quantitative estimate of drug-likeness (QED) is 0.362. The molecule has 8 heteroatoms. The second-order valence-electron chi connectivity index (χ2n) is 6.37. The lowest BCUT2D eigenvalue weighted by molar-refractivity contribution is -0.384. The van der Waals surface area contributed by atoms with Crippen LogP contribution in [0.3, 0.4) is 0 Å². The standard InChI is InChI=1S/C22H13FN2O4S/c23-17-7-3-1-5-15(17)19-20(26)16-6-2-4-8-18(16)30-22(19)24-21(27)13-9-11-14(12-10-13)25(28)29/h1-12H,(H,24,27). The highest BCUT2D eigenvalue weighted by molar-refractivity contribution is 7.22. The monoisotopic (exact) mass is 420 g/mol. The van der Waals surface area contributed by atoms with Crippen molar-refractivity contribution in [3.63, 3.8) is 0 Å². The van der Waals surface area contributed by atoms with E-state index in [9.17, 15) is 24.1 Å². The Labute approximate surface area is 173 Å². The lowest BCUT2D eigenvalue weighted by atomic mass is 10.0. The molecule has 0 aliphatic rings. The normalized spacial score (nSPS) is 10.7. The van der Waals surface area contributed by atoms with Gasteiger partial charge in [0.15, 0.2) is 5.43 Å². The van der Waals surface area contributed by atoms with E-state index in [1.165, 1.54) is 42.5 Å². The minimum atomic E-state index is -0.581. The summed E-state index contributed by atoms with van der Waals surface area (Å²) < 4.78 is 15.1. The zero-order valence-corrected chi connectivity index (χ0v) is 16.1. The minimum absolute atomic E-state index is 0.0621. The van der Waals surface area contributed by atoms with E-state index in [0.717, 1.165) is 11.3 Å². The van der Waals surface area contributed by atoms with Crippen LogP contribution in [0, 0.1) is 15.9 Å². The fraction of sp³-hybridized carbons (Fsp3) is 0. The zero-order chi connectivity index (χ0) is 21.3. The number of benzene rings is 3. The van der Waals surface area contributed by atoms with E-state index in [-0.39, 0.29) is 27.4 Å². The zero-order valence-electron chi connectivity index (χ0n) is 15.3. The first kappa shape index (κ1) is 19.4. The van der Waals surface area contributed by atoms with Gasteiger partial charge in [0.2, 0.25) is 0 Å². The van der Waals surface area contributed by atoms with Gasteiger partial charge in [0.1, 0.15) is 10.8 Å². The number of hydrogen-bond acceptors (Lipinski definition) is 5. The van der Waals surface area contributed by atoms with Crippen molar-refractivity contribution in [1.82, 2.24) is 0 Å². The molecule has 0 aliphatic heterocycles. The fourth-order valence-electron chi connectivity index (χ4n) is 3.05. The van der Waals surface area contributed by atoms with Crippen LogP contribution >= 0.6 is 11.3 Å².